The van der Waals surface area contributed by atoms with Crippen molar-refractivity contribution in [2.75, 3.05) is 6.61 Å². The van der Waals surface area contributed by atoms with E-state index in [0.717, 1.165) is 21.2 Å². The van der Waals surface area contributed by atoms with Crippen LogP contribution in [0.1, 0.15) is 16.7 Å². The molecule has 1 N–H and O–H groups in total. The van der Waals surface area contributed by atoms with Gasteiger partial charge < -0.3 is 4.74 Å². The second-order valence-electron chi connectivity index (χ2n) is 5.29. The van der Waals surface area contributed by atoms with Gasteiger partial charge in [-0.25, -0.2) is 5.43 Å². The SMILES string of the molecule is Cc1ccc(OCC(=O)N/N=C\C(Br)=C\c2ccccc2)c(C)c1. The lowest BCUT2D eigenvalue weighted by molar-refractivity contribution is -0.123. The first kappa shape index (κ1) is 17.9. The Labute approximate surface area is 150 Å². The number of nitrogens with zero attached hydrogens (tertiary/aromatic N) is 1. The van der Waals surface area contributed by atoms with E-state index in [1.807, 2.05) is 68.5 Å². The molecule has 24 heavy (non-hydrogen) atoms. The molecule has 2 aromatic rings. The van der Waals surface area contributed by atoms with Gasteiger partial charge in [-0.15, -0.1) is 0 Å². The molecule has 0 fully saturated rings. The van der Waals surface area contributed by atoms with Gasteiger partial charge in [0.05, 0.1) is 6.21 Å². The number of rotatable bonds is 6. The molecule has 0 aliphatic carbocycles. The van der Waals surface area contributed by atoms with E-state index < -0.39 is 0 Å². The normalized spacial score (nSPS) is 11.5. The van der Waals surface area contributed by atoms with Crippen LogP contribution in [0.15, 0.2) is 58.1 Å². The fraction of sp³-hybridized carbons (Fsp3) is 0.158. The van der Waals surface area contributed by atoms with Gasteiger partial charge >= 0.3 is 0 Å². The molecule has 1 amide bonds. The lowest BCUT2D eigenvalue weighted by atomic mass is 10.1. The number of nitrogens with one attached hydrogen (secondary N) is 1. The highest BCUT2D eigenvalue weighted by Crippen LogP contribution is 2.18. The van der Waals surface area contributed by atoms with Crippen LogP contribution >= 0.6 is 15.9 Å². The third-order valence-electron chi connectivity index (χ3n) is 3.17. The molecule has 0 spiro atoms. The molecule has 0 bridgehead atoms. The molecule has 5 heteroatoms. The zero-order valence-electron chi connectivity index (χ0n) is 13.6. The van der Waals surface area contributed by atoms with Gasteiger partial charge in [0.15, 0.2) is 6.61 Å². The lowest BCUT2D eigenvalue weighted by Crippen LogP contribution is -2.24. The number of carbonyl (C=O) groups excluding carboxylic acids is 1. The van der Waals surface area contributed by atoms with Gasteiger partial charge in [0.1, 0.15) is 5.75 Å². The summed E-state index contributed by atoms with van der Waals surface area (Å²) in [6.07, 6.45) is 3.43. The first-order chi connectivity index (χ1) is 11.5. The molecule has 0 saturated heterocycles. The summed E-state index contributed by atoms with van der Waals surface area (Å²) in [4.78, 5) is 11.7. The molecule has 0 aliphatic heterocycles. The van der Waals surface area contributed by atoms with Crippen molar-refractivity contribution >= 4 is 34.1 Å². The molecule has 0 aliphatic rings. The highest BCUT2D eigenvalue weighted by molar-refractivity contribution is 9.12. The summed E-state index contributed by atoms with van der Waals surface area (Å²) in [7, 11) is 0. The molecule has 4 nitrogen and oxygen atoms in total. The van der Waals surface area contributed by atoms with E-state index in [1.54, 1.807) is 0 Å². The van der Waals surface area contributed by atoms with Crippen molar-refractivity contribution in [2.45, 2.75) is 13.8 Å². The van der Waals surface area contributed by atoms with Crippen molar-refractivity contribution in [1.82, 2.24) is 5.43 Å². The second-order valence-corrected chi connectivity index (χ2v) is 6.21. The van der Waals surface area contributed by atoms with Gasteiger partial charge in [0.2, 0.25) is 0 Å². The molecule has 0 heterocycles. The molecule has 124 valence electrons. The topological polar surface area (TPSA) is 50.7 Å². The van der Waals surface area contributed by atoms with E-state index in [0.29, 0.717) is 5.75 Å². The Morgan fingerprint density at radius 2 is 1.96 bits per heavy atom. The van der Waals surface area contributed by atoms with Gasteiger partial charge in [-0.05, 0) is 53.0 Å². The van der Waals surface area contributed by atoms with Crippen LogP contribution in [0, 0.1) is 13.8 Å². The first-order valence-corrected chi connectivity index (χ1v) is 8.28. The summed E-state index contributed by atoms with van der Waals surface area (Å²) in [5.74, 6) is 0.385. The van der Waals surface area contributed by atoms with Crippen LogP contribution in [-0.2, 0) is 4.79 Å². The quantitative estimate of drug-likeness (QED) is 0.596. The highest BCUT2D eigenvalue weighted by atomic mass is 79.9. The number of allylic oxidation sites excluding steroid dienone is 1. The predicted molar refractivity (Wildman–Crippen MR) is 101 cm³/mol. The lowest BCUT2D eigenvalue weighted by Gasteiger charge is -2.08. The molecule has 2 rings (SSSR count). The van der Waals surface area contributed by atoms with E-state index in [1.165, 1.54) is 6.21 Å². The van der Waals surface area contributed by atoms with Crippen molar-refractivity contribution in [3.8, 4) is 5.75 Å². The van der Waals surface area contributed by atoms with Gasteiger partial charge in [-0.3, -0.25) is 4.79 Å². The fourth-order valence-electron chi connectivity index (χ4n) is 2.05. The van der Waals surface area contributed by atoms with Crippen LogP contribution in [0.5, 0.6) is 5.75 Å². The second kappa shape index (κ2) is 9.03. The van der Waals surface area contributed by atoms with E-state index in [9.17, 15) is 4.79 Å². The fourth-order valence-corrected chi connectivity index (χ4v) is 2.42. The van der Waals surface area contributed by atoms with Gasteiger partial charge in [-0.2, -0.15) is 5.10 Å². The summed E-state index contributed by atoms with van der Waals surface area (Å²) in [5.41, 5.74) is 5.63. The third-order valence-corrected chi connectivity index (χ3v) is 3.60. The third kappa shape index (κ3) is 6.01. The monoisotopic (exact) mass is 386 g/mol. The Hall–Kier alpha value is -2.40. The molecule has 0 saturated carbocycles. The number of halogens is 1. The number of hydrazone groups is 1. The molecular weight excluding hydrogens is 368 g/mol. The number of benzene rings is 2. The van der Waals surface area contributed by atoms with Crippen molar-refractivity contribution in [3.05, 3.63) is 69.7 Å². The van der Waals surface area contributed by atoms with E-state index in [-0.39, 0.29) is 12.5 Å². The molecule has 2 aromatic carbocycles. The van der Waals surface area contributed by atoms with Crippen molar-refractivity contribution < 1.29 is 9.53 Å². The highest BCUT2D eigenvalue weighted by Gasteiger charge is 2.04. The number of carbonyl (C=O) groups is 1. The predicted octanol–water partition coefficient (Wildman–Crippen LogP) is 4.22. The standard InChI is InChI=1S/C19H19BrN2O2/c1-14-8-9-18(15(2)10-14)24-13-19(23)22-21-12-17(20)11-16-6-4-3-5-7-16/h3-12H,13H2,1-2H3,(H,22,23)/b17-11-,21-12-. The largest absolute Gasteiger partial charge is 0.483 e. The minimum absolute atomic E-state index is 0.0821. The average Bonchev–Trinajstić information content (AvgIpc) is 2.55. The zero-order chi connectivity index (χ0) is 17.4. The van der Waals surface area contributed by atoms with E-state index in [2.05, 4.69) is 26.5 Å². The smallest absolute Gasteiger partial charge is 0.277 e. The molecular formula is C19H19BrN2O2. The van der Waals surface area contributed by atoms with Gasteiger partial charge in [-0.1, -0.05) is 48.0 Å². The Kier molecular flexibility index (Phi) is 6.75. The molecule has 0 aromatic heterocycles. The Bertz CT molecular complexity index is 755. The van der Waals surface area contributed by atoms with Crippen LogP contribution in [0.3, 0.4) is 0 Å². The summed E-state index contributed by atoms with van der Waals surface area (Å²) in [6, 6.07) is 15.6. The van der Waals surface area contributed by atoms with Crippen molar-refractivity contribution in [3.63, 3.8) is 0 Å². The number of amides is 1. The Balaban J connectivity index is 1.81. The van der Waals surface area contributed by atoms with Crippen LogP contribution in [0.2, 0.25) is 0 Å². The maximum absolute atomic E-state index is 11.7. The average molecular weight is 387 g/mol. The number of ether oxygens (including phenoxy) is 1. The molecule has 0 radical (unpaired) electrons. The number of hydrogen-bond acceptors (Lipinski definition) is 3. The first-order valence-electron chi connectivity index (χ1n) is 7.49. The van der Waals surface area contributed by atoms with E-state index >= 15 is 0 Å². The molecule has 0 unspecified atom stereocenters. The maximum Gasteiger partial charge on any atom is 0.277 e. The van der Waals surface area contributed by atoms with Crippen LogP contribution < -0.4 is 10.2 Å². The van der Waals surface area contributed by atoms with E-state index in [4.69, 9.17) is 4.74 Å². The molecule has 0 atom stereocenters. The van der Waals surface area contributed by atoms with Gasteiger partial charge in [0.25, 0.3) is 5.91 Å². The Morgan fingerprint density at radius 1 is 1.21 bits per heavy atom. The minimum Gasteiger partial charge on any atom is -0.483 e. The van der Waals surface area contributed by atoms with Crippen LogP contribution in [0.4, 0.5) is 0 Å². The van der Waals surface area contributed by atoms with Gasteiger partial charge in [0, 0.05) is 4.48 Å². The van der Waals surface area contributed by atoms with Crippen LogP contribution in [0.25, 0.3) is 6.08 Å². The number of aryl methyl sites for hydroxylation is 2. The van der Waals surface area contributed by atoms with Crippen molar-refractivity contribution in [1.29, 1.82) is 0 Å². The summed E-state index contributed by atoms with van der Waals surface area (Å²) in [6.45, 7) is 3.88. The Morgan fingerprint density at radius 3 is 2.67 bits per heavy atom. The zero-order valence-corrected chi connectivity index (χ0v) is 15.2. The summed E-state index contributed by atoms with van der Waals surface area (Å²) in [5, 5.41) is 3.90. The number of hydrogen-bond donors (Lipinski definition) is 1. The van der Waals surface area contributed by atoms with Crippen molar-refractivity contribution in [2.24, 2.45) is 5.10 Å². The minimum atomic E-state index is -0.314. The summed E-state index contributed by atoms with van der Waals surface area (Å²) >= 11 is 3.39. The summed E-state index contributed by atoms with van der Waals surface area (Å²) < 4.78 is 6.25. The van der Waals surface area contributed by atoms with Crippen LogP contribution in [-0.4, -0.2) is 18.7 Å². The maximum atomic E-state index is 11.7.